The van der Waals surface area contributed by atoms with Gasteiger partial charge in [-0.05, 0) is 54.4 Å². The fourth-order valence-electron chi connectivity index (χ4n) is 3.97. The van der Waals surface area contributed by atoms with Gasteiger partial charge in [-0.15, -0.1) is 0 Å². The molecule has 0 spiro atoms. The molecule has 4 rings (SSSR count). The third-order valence-electron chi connectivity index (χ3n) is 5.89. The molecule has 0 bridgehead atoms. The van der Waals surface area contributed by atoms with Crippen LogP contribution >= 0.6 is 23.5 Å². The molecule has 1 aliphatic heterocycles. The Labute approximate surface area is 220 Å². The highest BCUT2D eigenvalue weighted by atomic mass is 35.5. The van der Waals surface area contributed by atoms with E-state index in [1.165, 1.54) is 5.01 Å². The molecule has 1 atom stereocenters. The Bertz CT molecular complexity index is 1320. The van der Waals surface area contributed by atoms with Gasteiger partial charge in [-0.3, -0.25) is 0 Å². The second-order valence-electron chi connectivity index (χ2n) is 8.38. The van der Waals surface area contributed by atoms with Crippen molar-refractivity contribution in [2.24, 2.45) is 5.10 Å². The van der Waals surface area contributed by atoms with Crippen LogP contribution in [0.3, 0.4) is 0 Å². The number of amides is 2. The third-order valence-corrected chi connectivity index (χ3v) is 7.01. The summed E-state index contributed by atoms with van der Waals surface area (Å²) in [6.45, 7) is 2.06. The summed E-state index contributed by atoms with van der Waals surface area (Å²) in [5.74, 6) is 0. The van der Waals surface area contributed by atoms with E-state index in [4.69, 9.17) is 11.6 Å². The van der Waals surface area contributed by atoms with E-state index in [2.05, 4.69) is 9.84 Å². The molecule has 0 N–H and O–H groups in total. The zero-order valence-corrected chi connectivity index (χ0v) is 21.3. The standard InChI is InChI=1S/C26H21ClF3N3O3S/c1-25(18-6-4-3-5-7-18)16-32(31-22(25)17-8-12-20(27)13-9-17)23(34)33(37-24(35)36-2)21-14-10-19(11-15-21)26(28,29)30/h3-15H,16H2,1-2H3. The van der Waals surface area contributed by atoms with Gasteiger partial charge in [0.2, 0.25) is 0 Å². The zero-order valence-electron chi connectivity index (χ0n) is 19.7. The number of ether oxygens (including phenoxy) is 1. The van der Waals surface area contributed by atoms with Gasteiger partial charge in [0.15, 0.2) is 0 Å². The molecular formula is C26H21ClF3N3O3S. The maximum Gasteiger partial charge on any atom is 0.416 e. The number of hydrogen-bond donors (Lipinski definition) is 0. The minimum atomic E-state index is -4.55. The smallest absolute Gasteiger partial charge is 0.416 e. The number of hydrogen-bond acceptors (Lipinski definition) is 5. The lowest BCUT2D eigenvalue weighted by Gasteiger charge is -2.28. The molecule has 192 valence electrons. The number of anilines is 1. The molecule has 0 radical (unpaired) electrons. The molecule has 1 unspecified atom stereocenters. The predicted octanol–water partition coefficient (Wildman–Crippen LogP) is 7.38. The third kappa shape index (κ3) is 5.60. The summed E-state index contributed by atoms with van der Waals surface area (Å²) >= 11 is 6.48. The summed E-state index contributed by atoms with van der Waals surface area (Å²) in [5, 5.41) is 5.55. The Morgan fingerprint density at radius 1 is 1.03 bits per heavy atom. The van der Waals surface area contributed by atoms with Gasteiger partial charge in [-0.2, -0.15) is 18.3 Å². The summed E-state index contributed by atoms with van der Waals surface area (Å²) in [5.41, 5.74) is 0.692. The number of benzene rings is 3. The van der Waals surface area contributed by atoms with Gasteiger partial charge in [0.1, 0.15) is 0 Å². The first-order valence-electron chi connectivity index (χ1n) is 11.0. The molecule has 1 heterocycles. The Kier molecular flexibility index (Phi) is 7.52. The second-order valence-corrected chi connectivity index (χ2v) is 9.70. The number of halogens is 4. The second kappa shape index (κ2) is 10.5. The molecule has 3 aromatic carbocycles. The van der Waals surface area contributed by atoms with Crippen LogP contribution in [0.2, 0.25) is 5.02 Å². The maximum absolute atomic E-state index is 13.7. The number of urea groups is 1. The normalized spacial score (nSPS) is 17.4. The maximum atomic E-state index is 13.7. The van der Waals surface area contributed by atoms with Crippen molar-refractivity contribution < 1.29 is 27.5 Å². The molecule has 11 heteroatoms. The van der Waals surface area contributed by atoms with Crippen molar-refractivity contribution in [1.29, 1.82) is 0 Å². The van der Waals surface area contributed by atoms with Gasteiger partial charge in [-0.1, -0.05) is 54.1 Å². The highest BCUT2D eigenvalue weighted by Gasteiger charge is 2.44. The predicted molar refractivity (Wildman–Crippen MR) is 138 cm³/mol. The number of nitrogens with zero attached hydrogens (tertiary/aromatic N) is 3. The van der Waals surface area contributed by atoms with Crippen LogP contribution in [0.4, 0.5) is 28.4 Å². The topological polar surface area (TPSA) is 62.2 Å². The van der Waals surface area contributed by atoms with Gasteiger partial charge < -0.3 is 4.74 Å². The van der Waals surface area contributed by atoms with E-state index in [-0.39, 0.29) is 12.2 Å². The van der Waals surface area contributed by atoms with Crippen molar-refractivity contribution >= 4 is 46.3 Å². The number of methoxy groups -OCH3 is 1. The van der Waals surface area contributed by atoms with Crippen molar-refractivity contribution in [3.05, 3.63) is 101 Å². The Morgan fingerprint density at radius 3 is 2.22 bits per heavy atom. The minimum absolute atomic E-state index is 0.0601. The van der Waals surface area contributed by atoms with E-state index in [9.17, 15) is 22.8 Å². The molecule has 0 saturated carbocycles. The number of carbonyl (C=O) groups excluding carboxylic acids is 2. The summed E-state index contributed by atoms with van der Waals surface area (Å²) < 4.78 is 44.9. The van der Waals surface area contributed by atoms with E-state index < -0.39 is 28.5 Å². The largest absolute Gasteiger partial charge is 0.460 e. The monoisotopic (exact) mass is 547 g/mol. The quantitative estimate of drug-likeness (QED) is 0.253. The molecule has 0 fully saturated rings. The van der Waals surface area contributed by atoms with Crippen LogP contribution in [0, 0.1) is 0 Å². The van der Waals surface area contributed by atoms with Gasteiger partial charge in [0.25, 0.3) is 0 Å². The van der Waals surface area contributed by atoms with Crippen molar-refractivity contribution in [3.8, 4) is 0 Å². The lowest BCUT2D eigenvalue weighted by Crippen LogP contribution is -2.41. The van der Waals surface area contributed by atoms with E-state index >= 15 is 0 Å². The van der Waals surface area contributed by atoms with Gasteiger partial charge >= 0.3 is 17.5 Å². The number of hydrazone groups is 1. The van der Waals surface area contributed by atoms with Crippen LogP contribution in [-0.2, 0) is 16.3 Å². The van der Waals surface area contributed by atoms with Crippen LogP contribution in [0.25, 0.3) is 0 Å². The van der Waals surface area contributed by atoms with Gasteiger partial charge in [0, 0.05) is 5.02 Å². The average Bonchev–Trinajstić information content (AvgIpc) is 3.26. The first kappa shape index (κ1) is 26.6. The van der Waals surface area contributed by atoms with E-state index in [1.54, 1.807) is 24.3 Å². The number of carbonyl (C=O) groups is 2. The van der Waals surface area contributed by atoms with Crippen molar-refractivity contribution in [1.82, 2.24) is 5.01 Å². The SMILES string of the molecule is COC(=O)SN(C(=O)N1CC(C)(c2ccccc2)C(c2ccc(Cl)cc2)=N1)c1ccc(C(F)(F)F)cc1. The fourth-order valence-corrected chi connectivity index (χ4v) is 4.72. The van der Waals surface area contributed by atoms with Crippen molar-refractivity contribution in [2.45, 2.75) is 18.5 Å². The molecule has 6 nitrogen and oxygen atoms in total. The average molecular weight is 548 g/mol. The van der Waals surface area contributed by atoms with Gasteiger partial charge in [-0.25, -0.2) is 18.9 Å². The Hall–Kier alpha value is -3.50. The van der Waals surface area contributed by atoms with Crippen LogP contribution in [-0.4, -0.2) is 35.7 Å². The van der Waals surface area contributed by atoms with E-state index in [1.807, 2.05) is 37.3 Å². The summed E-state index contributed by atoms with van der Waals surface area (Å²) in [6, 6.07) is 19.7. The first-order chi connectivity index (χ1) is 17.5. The van der Waals surface area contributed by atoms with Crippen molar-refractivity contribution in [2.75, 3.05) is 18.0 Å². The molecule has 0 saturated heterocycles. The summed E-state index contributed by atoms with van der Waals surface area (Å²) in [7, 11) is 1.14. The highest BCUT2D eigenvalue weighted by molar-refractivity contribution is 8.15. The molecule has 2 amide bonds. The van der Waals surface area contributed by atoms with Crippen LogP contribution in [0.5, 0.6) is 0 Å². The summed E-state index contributed by atoms with van der Waals surface area (Å²) in [6.07, 6.45) is -4.55. The van der Waals surface area contributed by atoms with Crippen LogP contribution in [0.1, 0.15) is 23.6 Å². The number of alkyl halides is 3. The Balaban J connectivity index is 1.74. The van der Waals surface area contributed by atoms with Crippen LogP contribution < -0.4 is 4.31 Å². The zero-order chi connectivity index (χ0) is 26.8. The fraction of sp³-hybridized carbons (Fsp3) is 0.192. The first-order valence-corrected chi connectivity index (χ1v) is 12.1. The lowest BCUT2D eigenvalue weighted by atomic mass is 9.76. The molecule has 0 aromatic heterocycles. The molecule has 0 aliphatic carbocycles. The van der Waals surface area contributed by atoms with Crippen molar-refractivity contribution in [3.63, 3.8) is 0 Å². The number of rotatable bonds is 3. The molecule has 37 heavy (non-hydrogen) atoms. The molecule has 1 aliphatic rings. The van der Waals surface area contributed by atoms with E-state index in [0.717, 1.165) is 46.8 Å². The Morgan fingerprint density at radius 2 is 1.65 bits per heavy atom. The van der Waals surface area contributed by atoms with Gasteiger partial charge in [0.05, 0.1) is 48.0 Å². The van der Waals surface area contributed by atoms with E-state index in [0.29, 0.717) is 22.7 Å². The molecular weight excluding hydrogens is 527 g/mol. The lowest BCUT2D eigenvalue weighted by molar-refractivity contribution is -0.137. The summed E-state index contributed by atoms with van der Waals surface area (Å²) in [4.78, 5) is 25.8. The highest BCUT2D eigenvalue weighted by Crippen LogP contribution is 2.38. The molecule has 3 aromatic rings. The van der Waals surface area contributed by atoms with Crippen LogP contribution in [0.15, 0.2) is 84.0 Å². The minimum Gasteiger partial charge on any atom is -0.460 e.